The van der Waals surface area contributed by atoms with Crippen LogP contribution in [0.1, 0.15) is 5.56 Å². The second-order valence-electron chi connectivity index (χ2n) is 3.94. The summed E-state index contributed by atoms with van der Waals surface area (Å²) in [6.07, 6.45) is 4.18. The largest absolute Gasteiger partial charge is 0.397 e. The Balaban J connectivity index is 1.89. The summed E-state index contributed by atoms with van der Waals surface area (Å²) in [5, 5.41) is 10.5. The molecule has 0 unspecified atom stereocenters. The molecule has 1 aromatic heterocycles. The Morgan fingerprint density at radius 3 is 2.63 bits per heavy atom. The first-order valence-corrected chi connectivity index (χ1v) is 6.71. The van der Waals surface area contributed by atoms with E-state index in [0.29, 0.717) is 5.69 Å². The lowest BCUT2D eigenvalue weighted by Gasteiger charge is -2.04. The number of nitrogen functional groups attached to an aromatic ring is 1. The minimum atomic E-state index is -0.393. The summed E-state index contributed by atoms with van der Waals surface area (Å²) in [5.74, 6) is 0.867. The maximum atomic E-state index is 10.5. The zero-order valence-corrected chi connectivity index (χ0v) is 11.0. The summed E-state index contributed by atoms with van der Waals surface area (Å²) in [5.41, 5.74) is 7.67. The third-order valence-electron chi connectivity index (χ3n) is 2.61. The molecule has 0 atom stereocenters. The smallest absolute Gasteiger partial charge is 0.269 e. The highest BCUT2D eigenvalue weighted by atomic mass is 32.2. The predicted molar refractivity (Wildman–Crippen MR) is 76.2 cm³/mol. The summed E-state index contributed by atoms with van der Waals surface area (Å²) >= 11 is 1.65. The Bertz CT molecular complexity index is 572. The van der Waals surface area contributed by atoms with Crippen LogP contribution in [0.3, 0.4) is 0 Å². The Kier molecular flexibility index (Phi) is 4.35. The van der Waals surface area contributed by atoms with E-state index in [-0.39, 0.29) is 5.69 Å². The Hall–Kier alpha value is -2.08. The first-order valence-electron chi connectivity index (χ1n) is 5.72. The predicted octanol–water partition coefficient (Wildman–Crippen LogP) is 2.91. The fraction of sp³-hybridized carbons (Fsp3) is 0.154. The highest BCUT2D eigenvalue weighted by Crippen LogP contribution is 2.24. The Morgan fingerprint density at radius 1 is 1.26 bits per heavy atom. The summed E-state index contributed by atoms with van der Waals surface area (Å²) in [6.45, 7) is 0. The summed E-state index contributed by atoms with van der Waals surface area (Å²) in [7, 11) is 0. The van der Waals surface area contributed by atoms with Gasteiger partial charge in [0.15, 0.2) is 0 Å². The van der Waals surface area contributed by atoms with Crippen LogP contribution in [0.15, 0.2) is 47.6 Å². The highest BCUT2D eigenvalue weighted by Gasteiger charge is 2.04. The average Bonchev–Trinajstić information content (AvgIpc) is 2.41. The number of nitrogens with zero attached hydrogens (tertiary/aromatic N) is 2. The van der Waals surface area contributed by atoms with Crippen LogP contribution in [0.2, 0.25) is 0 Å². The number of hydrogen-bond acceptors (Lipinski definition) is 5. The molecule has 1 aromatic carbocycles. The lowest BCUT2D eigenvalue weighted by Crippen LogP contribution is -1.93. The van der Waals surface area contributed by atoms with E-state index in [9.17, 15) is 10.1 Å². The van der Waals surface area contributed by atoms with Crippen LogP contribution in [0.4, 0.5) is 11.4 Å². The zero-order chi connectivity index (χ0) is 13.7. The van der Waals surface area contributed by atoms with Gasteiger partial charge in [-0.25, -0.2) is 0 Å². The quantitative estimate of drug-likeness (QED) is 0.515. The van der Waals surface area contributed by atoms with E-state index in [2.05, 4.69) is 4.98 Å². The second-order valence-corrected chi connectivity index (χ2v) is 5.07. The molecule has 0 saturated heterocycles. The van der Waals surface area contributed by atoms with Gasteiger partial charge in [-0.2, -0.15) is 0 Å². The molecule has 0 aliphatic carbocycles. The second kappa shape index (κ2) is 6.19. The van der Waals surface area contributed by atoms with Crippen molar-refractivity contribution in [3.63, 3.8) is 0 Å². The van der Waals surface area contributed by atoms with Gasteiger partial charge in [-0.15, -0.1) is 11.8 Å². The third kappa shape index (κ3) is 3.69. The molecule has 0 bridgehead atoms. The molecule has 0 radical (unpaired) electrons. The number of pyridine rings is 1. The first-order chi connectivity index (χ1) is 9.16. The van der Waals surface area contributed by atoms with Crippen molar-refractivity contribution in [2.75, 3.05) is 11.5 Å². The van der Waals surface area contributed by atoms with Crippen LogP contribution in [-0.2, 0) is 6.42 Å². The van der Waals surface area contributed by atoms with Gasteiger partial charge < -0.3 is 5.73 Å². The number of nitro groups is 1. The Labute approximate surface area is 115 Å². The van der Waals surface area contributed by atoms with Crippen molar-refractivity contribution in [1.29, 1.82) is 0 Å². The minimum absolute atomic E-state index is 0.120. The maximum Gasteiger partial charge on any atom is 0.269 e. The van der Waals surface area contributed by atoms with Crippen LogP contribution in [0.25, 0.3) is 0 Å². The van der Waals surface area contributed by atoms with Crippen molar-refractivity contribution in [2.45, 2.75) is 11.3 Å². The summed E-state index contributed by atoms with van der Waals surface area (Å²) in [4.78, 5) is 15.1. The molecular weight excluding hydrogens is 262 g/mol. The van der Waals surface area contributed by atoms with Gasteiger partial charge in [0, 0.05) is 29.0 Å². The molecule has 0 aliphatic heterocycles. The fourth-order valence-electron chi connectivity index (χ4n) is 1.59. The van der Waals surface area contributed by atoms with Crippen LogP contribution >= 0.6 is 11.8 Å². The Morgan fingerprint density at radius 2 is 2.00 bits per heavy atom. The van der Waals surface area contributed by atoms with Gasteiger partial charge in [0.25, 0.3) is 5.69 Å². The molecule has 2 N–H and O–H groups in total. The van der Waals surface area contributed by atoms with Crippen molar-refractivity contribution < 1.29 is 4.92 Å². The molecule has 0 aliphatic rings. The topological polar surface area (TPSA) is 82.0 Å². The molecule has 6 heteroatoms. The molecule has 0 saturated carbocycles. The average molecular weight is 275 g/mol. The van der Waals surface area contributed by atoms with Crippen molar-refractivity contribution in [2.24, 2.45) is 0 Å². The van der Waals surface area contributed by atoms with Gasteiger partial charge in [-0.3, -0.25) is 15.1 Å². The maximum absolute atomic E-state index is 10.5. The van der Waals surface area contributed by atoms with E-state index in [1.807, 2.05) is 6.07 Å². The number of nitrogens with two attached hydrogens (primary N) is 1. The molecule has 0 amide bonds. The van der Waals surface area contributed by atoms with Gasteiger partial charge in [-0.1, -0.05) is 12.1 Å². The number of aryl methyl sites for hydroxylation is 1. The first kappa shape index (κ1) is 13.4. The van der Waals surface area contributed by atoms with Gasteiger partial charge in [0.05, 0.1) is 16.8 Å². The lowest BCUT2D eigenvalue weighted by atomic mass is 10.1. The van der Waals surface area contributed by atoms with Crippen LogP contribution in [-0.4, -0.2) is 15.7 Å². The van der Waals surface area contributed by atoms with Gasteiger partial charge in [-0.05, 0) is 18.1 Å². The van der Waals surface area contributed by atoms with E-state index >= 15 is 0 Å². The monoisotopic (exact) mass is 275 g/mol. The van der Waals surface area contributed by atoms with Crippen molar-refractivity contribution in [3.05, 3.63) is 58.4 Å². The number of anilines is 1. The lowest BCUT2D eigenvalue weighted by molar-refractivity contribution is -0.384. The molecule has 19 heavy (non-hydrogen) atoms. The standard InChI is InChI=1S/C13H13N3O2S/c14-12-9-15-7-5-13(12)19-8-6-10-1-3-11(4-2-10)16(17)18/h1-5,7,9H,6,8,14H2. The number of non-ortho nitro benzene ring substituents is 1. The molecule has 0 spiro atoms. The van der Waals surface area contributed by atoms with Crippen LogP contribution in [0.5, 0.6) is 0 Å². The number of rotatable bonds is 5. The van der Waals surface area contributed by atoms with E-state index in [1.165, 1.54) is 12.1 Å². The van der Waals surface area contributed by atoms with Crippen molar-refractivity contribution in [1.82, 2.24) is 4.98 Å². The number of aromatic nitrogens is 1. The minimum Gasteiger partial charge on any atom is -0.397 e. The van der Waals surface area contributed by atoms with Crippen molar-refractivity contribution >= 4 is 23.1 Å². The van der Waals surface area contributed by atoms with E-state index < -0.39 is 4.92 Å². The molecule has 5 nitrogen and oxygen atoms in total. The van der Waals surface area contributed by atoms with Gasteiger partial charge in [0.2, 0.25) is 0 Å². The summed E-state index contributed by atoms with van der Waals surface area (Å²) in [6, 6.07) is 8.51. The molecule has 2 rings (SSSR count). The molecule has 1 heterocycles. The van der Waals surface area contributed by atoms with Crippen LogP contribution in [0, 0.1) is 10.1 Å². The van der Waals surface area contributed by atoms with Gasteiger partial charge >= 0.3 is 0 Å². The van der Waals surface area contributed by atoms with E-state index in [0.717, 1.165) is 22.6 Å². The highest BCUT2D eigenvalue weighted by molar-refractivity contribution is 7.99. The molecular formula is C13H13N3O2S. The number of thioether (sulfide) groups is 1. The third-order valence-corrected chi connectivity index (χ3v) is 3.70. The SMILES string of the molecule is Nc1cnccc1SCCc1ccc([N+](=O)[O-])cc1. The van der Waals surface area contributed by atoms with E-state index in [4.69, 9.17) is 5.73 Å². The van der Waals surface area contributed by atoms with Crippen molar-refractivity contribution in [3.8, 4) is 0 Å². The zero-order valence-electron chi connectivity index (χ0n) is 10.2. The van der Waals surface area contributed by atoms with E-state index in [1.54, 1.807) is 36.3 Å². The molecule has 0 fully saturated rings. The number of hydrogen-bond donors (Lipinski definition) is 1. The molecule has 98 valence electrons. The van der Waals surface area contributed by atoms with Gasteiger partial charge in [0.1, 0.15) is 0 Å². The molecule has 2 aromatic rings. The summed E-state index contributed by atoms with van der Waals surface area (Å²) < 4.78 is 0. The van der Waals surface area contributed by atoms with Crippen LogP contribution < -0.4 is 5.73 Å². The number of nitro benzene ring substituents is 1. The number of benzene rings is 1. The fourth-order valence-corrected chi connectivity index (χ4v) is 2.52. The normalized spacial score (nSPS) is 10.3.